The number of hydrogen-bond donors (Lipinski definition) is 0. The highest BCUT2D eigenvalue weighted by Gasteiger charge is 2.07. The molecule has 0 amide bonds. The normalized spacial score (nSPS) is 10.2. The molecule has 13 heavy (non-hydrogen) atoms. The minimum Gasteiger partial charge on any atom is -0.459 e. The smallest absolute Gasteiger partial charge is 0.338 e. The quantitative estimate of drug-likeness (QED) is 0.682. The maximum atomic E-state index is 11.3. The molecule has 0 aliphatic heterocycles. The van der Waals surface area contributed by atoms with Crippen molar-refractivity contribution in [1.29, 1.82) is 0 Å². The number of ether oxygens (including phenoxy) is 1. The SMILES string of the molecule is CC(C)OC(=O)c1c[c]c(Cl)cc1. The van der Waals surface area contributed by atoms with Crippen molar-refractivity contribution in [2.24, 2.45) is 0 Å². The Morgan fingerprint density at radius 2 is 2.23 bits per heavy atom. The molecule has 1 radical (unpaired) electrons. The number of carbonyl (C=O) groups is 1. The van der Waals surface area contributed by atoms with Gasteiger partial charge in [0.15, 0.2) is 0 Å². The first kappa shape index (κ1) is 10.1. The Bertz CT molecular complexity index is 290. The van der Waals surface area contributed by atoms with E-state index < -0.39 is 0 Å². The van der Waals surface area contributed by atoms with Crippen LogP contribution < -0.4 is 0 Å². The summed E-state index contributed by atoms with van der Waals surface area (Å²) in [6, 6.07) is 7.46. The Kier molecular flexibility index (Phi) is 3.32. The fraction of sp³-hybridized carbons (Fsp3) is 0.300. The third-order valence-electron chi connectivity index (χ3n) is 1.35. The largest absolute Gasteiger partial charge is 0.459 e. The van der Waals surface area contributed by atoms with Crippen molar-refractivity contribution < 1.29 is 9.53 Å². The van der Waals surface area contributed by atoms with E-state index in [9.17, 15) is 4.79 Å². The average Bonchev–Trinajstić information content (AvgIpc) is 2.04. The lowest BCUT2D eigenvalue weighted by Crippen LogP contribution is -2.11. The molecule has 2 nitrogen and oxygen atoms in total. The van der Waals surface area contributed by atoms with Crippen LogP contribution in [-0.4, -0.2) is 12.1 Å². The van der Waals surface area contributed by atoms with E-state index in [0.29, 0.717) is 10.6 Å². The molecule has 0 atom stereocenters. The van der Waals surface area contributed by atoms with Gasteiger partial charge in [-0.3, -0.25) is 0 Å². The van der Waals surface area contributed by atoms with E-state index in [1.807, 2.05) is 0 Å². The number of benzene rings is 1. The van der Waals surface area contributed by atoms with E-state index in [0.717, 1.165) is 0 Å². The first-order chi connectivity index (χ1) is 6.09. The Morgan fingerprint density at radius 3 is 2.69 bits per heavy atom. The maximum absolute atomic E-state index is 11.3. The van der Waals surface area contributed by atoms with Gasteiger partial charge in [-0.2, -0.15) is 0 Å². The third kappa shape index (κ3) is 3.07. The molecule has 0 aromatic heterocycles. The van der Waals surface area contributed by atoms with Crippen molar-refractivity contribution in [3.05, 3.63) is 34.9 Å². The zero-order valence-electron chi connectivity index (χ0n) is 7.50. The number of carbonyl (C=O) groups excluding carboxylic acids is 1. The maximum Gasteiger partial charge on any atom is 0.338 e. The zero-order chi connectivity index (χ0) is 9.84. The molecule has 3 heteroatoms. The van der Waals surface area contributed by atoms with Crippen molar-refractivity contribution in [1.82, 2.24) is 0 Å². The highest BCUT2D eigenvalue weighted by molar-refractivity contribution is 6.30. The molecular weight excluding hydrogens is 188 g/mol. The average molecular weight is 198 g/mol. The van der Waals surface area contributed by atoms with E-state index in [1.54, 1.807) is 26.0 Å². The molecule has 0 saturated carbocycles. The van der Waals surface area contributed by atoms with E-state index in [2.05, 4.69) is 6.07 Å². The minimum absolute atomic E-state index is 0.108. The van der Waals surface area contributed by atoms with Crippen molar-refractivity contribution in [2.45, 2.75) is 20.0 Å². The molecule has 0 fully saturated rings. The predicted molar refractivity (Wildman–Crippen MR) is 50.8 cm³/mol. The van der Waals surface area contributed by atoms with E-state index in [4.69, 9.17) is 16.3 Å². The second kappa shape index (κ2) is 4.28. The van der Waals surface area contributed by atoms with Crippen molar-refractivity contribution >= 4 is 17.6 Å². The van der Waals surface area contributed by atoms with Crippen LogP contribution in [0.25, 0.3) is 0 Å². The Balaban J connectivity index is 2.72. The number of halogens is 1. The van der Waals surface area contributed by atoms with Gasteiger partial charge >= 0.3 is 5.97 Å². The van der Waals surface area contributed by atoms with Gasteiger partial charge in [0.05, 0.1) is 11.7 Å². The van der Waals surface area contributed by atoms with E-state index >= 15 is 0 Å². The van der Waals surface area contributed by atoms with Gasteiger partial charge in [-0.25, -0.2) is 4.79 Å². The standard InChI is InChI=1S/C10H10ClO2/c1-7(2)13-10(12)8-3-5-9(11)6-4-8/h3-5,7H,1-2H3. The van der Waals surface area contributed by atoms with Gasteiger partial charge in [-0.15, -0.1) is 0 Å². The summed E-state index contributed by atoms with van der Waals surface area (Å²) in [6.45, 7) is 3.61. The predicted octanol–water partition coefficient (Wildman–Crippen LogP) is 2.71. The molecule has 0 aliphatic rings. The molecular formula is C10H10ClO2. The molecule has 1 aromatic carbocycles. The van der Waals surface area contributed by atoms with Crippen LogP contribution in [0.2, 0.25) is 5.02 Å². The van der Waals surface area contributed by atoms with Gasteiger partial charge in [-0.05, 0) is 32.0 Å². The lowest BCUT2D eigenvalue weighted by Gasteiger charge is -2.07. The molecule has 0 bridgehead atoms. The second-order valence-electron chi connectivity index (χ2n) is 2.88. The van der Waals surface area contributed by atoms with Crippen LogP contribution in [0.3, 0.4) is 0 Å². The van der Waals surface area contributed by atoms with Crippen LogP contribution >= 0.6 is 11.6 Å². The summed E-state index contributed by atoms with van der Waals surface area (Å²) >= 11 is 5.61. The molecule has 69 valence electrons. The summed E-state index contributed by atoms with van der Waals surface area (Å²) < 4.78 is 4.97. The van der Waals surface area contributed by atoms with Crippen LogP contribution in [0.4, 0.5) is 0 Å². The summed E-state index contributed by atoms with van der Waals surface area (Å²) in [5.74, 6) is -0.345. The van der Waals surface area contributed by atoms with Crippen LogP contribution in [0.15, 0.2) is 18.2 Å². The number of hydrogen-bond acceptors (Lipinski definition) is 2. The lowest BCUT2D eigenvalue weighted by atomic mass is 10.2. The minimum atomic E-state index is -0.345. The van der Waals surface area contributed by atoms with E-state index in [1.165, 1.54) is 6.07 Å². The van der Waals surface area contributed by atoms with Crippen molar-refractivity contribution in [3.8, 4) is 0 Å². The number of rotatable bonds is 2. The Hall–Kier alpha value is -1.02. The van der Waals surface area contributed by atoms with Gasteiger partial charge in [-0.1, -0.05) is 11.6 Å². The highest BCUT2D eigenvalue weighted by Crippen LogP contribution is 2.10. The van der Waals surface area contributed by atoms with Crippen LogP contribution in [0.1, 0.15) is 24.2 Å². The number of esters is 1. The molecule has 0 heterocycles. The molecule has 0 aliphatic carbocycles. The van der Waals surface area contributed by atoms with Gasteiger partial charge in [0.1, 0.15) is 0 Å². The molecule has 0 unspecified atom stereocenters. The third-order valence-corrected chi connectivity index (χ3v) is 1.59. The van der Waals surface area contributed by atoms with Crippen molar-refractivity contribution in [2.75, 3.05) is 0 Å². The Morgan fingerprint density at radius 1 is 1.54 bits per heavy atom. The summed E-state index contributed by atoms with van der Waals surface area (Å²) in [7, 11) is 0. The Labute approximate surface area is 82.5 Å². The summed E-state index contributed by atoms with van der Waals surface area (Å²) in [6.07, 6.45) is -0.108. The first-order valence-electron chi connectivity index (χ1n) is 3.98. The van der Waals surface area contributed by atoms with Gasteiger partial charge in [0.2, 0.25) is 0 Å². The molecule has 0 saturated heterocycles. The topological polar surface area (TPSA) is 26.3 Å². The summed E-state index contributed by atoms with van der Waals surface area (Å²) in [5, 5.41) is 0.487. The molecule has 0 spiro atoms. The van der Waals surface area contributed by atoms with Gasteiger partial charge < -0.3 is 4.74 Å². The first-order valence-corrected chi connectivity index (χ1v) is 4.35. The second-order valence-corrected chi connectivity index (χ2v) is 3.29. The van der Waals surface area contributed by atoms with Crippen LogP contribution in [-0.2, 0) is 4.74 Å². The van der Waals surface area contributed by atoms with Crippen LogP contribution in [0.5, 0.6) is 0 Å². The molecule has 1 aromatic rings. The fourth-order valence-electron chi connectivity index (χ4n) is 0.815. The summed E-state index contributed by atoms with van der Waals surface area (Å²) in [4.78, 5) is 11.3. The van der Waals surface area contributed by atoms with Gasteiger partial charge in [0.25, 0.3) is 0 Å². The molecule has 0 N–H and O–H groups in total. The fourth-order valence-corrected chi connectivity index (χ4v) is 0.932. The lowest BCUT2D eigenvalue weighted by molar-refractivity contribution is 0.0378. The monoisotopic (exact) mass is 197 g/mol. The molecule has 1 rings (SSSR count). The van der Waals surface area contributed by atoms with Crippen molar-refractivity contribution in [3.63, 3.8) is 0 Å². The van der Waals surface area contributed by atoms with E-state index in [-0.39, 0.29) is 12.1 Å². The zero-order valence-corrected chi connectivity index (χ0v) is 8.26. The van der Waals surface area contributed by atoms with Crippen LogP contribution in [0, 0.1) is 6.07 Å². The highest BCUT2D eigenvalue weighted by atomic mass is 35.5. The van der Waals surface area contributed by atoms with Gasteiger partial charge in [0, 0.05) is 11.1 Å². The summed E-state index contributed by atoms with van der Waals surface area (Å²) in [5.41, 5.74) is 0.470.